The zero-order valence-corrected chi connectivity index (χ0v) is 15.7. The van der Waals surface area contributed by atoms with Crippen molar-refractivity contribution in [2.45, 2.75) is 25.3 Å². The van der Waals surface area contributed by atoms with Crippen LogP contribution in [0.3, 0.4) is 0 Å². The van der Waals surface area contributed by atoms with Crippen molar-refractivity contribution in [1.29, 1.82) is 0 Å². The highest BCUT2D eigenvalue weighted by Crippen LogP contribution is 2.25. The molecule has 0 amide bonds. The first-order valence-electron chi connectivity index (χ1n) is 7.54. The molecule has 1 N–H and O–H groups in total. The zero-order valence-electron chi connectivity index (χ0n) is 13.3. The van der Waals surface area contributed by atoms with Crippen molar-refractivity contribution < 1.29 is 4.74 Å². The molecule has 3 nitrogen and oxygen atoms in total. The van der Waals surface area contributed by atoms with Gasteiger partial charge in [-0.1, -0.05) is 35.8 Å². The van der Waals surface area contributed by atoms with Crippen LogP contribution in [-0.4, -0.2) is 50.5 Å². The second-order valence-corrected chi connectivity index (χ2v) is 6.82. The van der Waals surface area contributed by atoms with Gasteiger partial charge in [-0.25, -0.2) is 0 Å². The van der Waals surface area contributed by atoms with E-state index in [9.17, 15) is 0 Å². The number of benzene rings is 1. The van der Waals surface area contributed by atoms with E-state index in [1.54, 1.807) is 7.11 Å². The Morgan fingerprint density at radius 2 is 2.05 bits per heavy atom. The van der Waals surface area contributed by atoms with Gasteiger partial charge < -0.3 is 15.0 Å². The van der Waals surface area contributed by atoms with Gasteiger partial charge in [0, 0.05) is 41.9 Å². The van der Waals surface area contributed by atoms with Crippen LogP contribution in [0.15, 0.2) is 27.6 Å². The molecule has 1 rings (SSSR count). The van der Waals surface area contributed by atoms with Crippen LogP contribution < -0.4 is 5.32 Å². The van der Waals surface area contributed by atoms with E-state index in [-0.39, 0.29) is 0 Å². The lowest BCUT2D eigenvalue weighted by Crippen LogP contribution is -2.25. The average molecular weight is 375 g/mol. The van der Waals surface area contributed by atoms with Crippen LogP contribution in [0.25, 0.3) is 0 Å². The molecule has 0 saturated carbocycles. The van der Waals surface area contributed by atoms with E-state index in [0.29, 0.717) is 0 Å². The van der Waals surface area contributed by atoms with Crippen molar-refractivity contribution in [2.75, 3.05) is 45.6 Å². The second kappa shape index (κ2) is 11.5. The van der Waals surface area contributed by atoms with E-state index >= 15 is 0 Å². The zero-order chi connectivity index (χ0) is 15.5. The molecule has 0 atom stereocenters. The van der Waals surface area contributed by atoms with Crippen LogP contribution in [0, 0.1) is 0 Å². The lowest BCUT2D eigenvalue weighted by Gasteiger charge is -2.17. The molecule has 0 unspecified atom stereocenters. The first-order valence-corrected chi connectivity index (χ1v) is 9.32. The number of hydrogen-bond acceptors (Lipinski definition) is 4. The predicted molar refractivity (Wildman–Crippen MR) is 96.2 cm³/mol. The quantitative estimate of drug-likeness (QED) is 0.472. The van der Waals surface area contributed by atoms with Crippen molar-refractivity contribution in [3.05, 3.63) is 28.2 Å². The molecule has 1 aromatic rings. The lowest BCUT2D eigenvalue weighted by molar-refractivity contribution is 0.199. The van der Waals surface area contributed by atoms with Gasteiger partial charge in [0.1, 0.15) is 0 Å². The van der Waals surface area contributed by atoms with Crippen molar-refractivity contribution >= 4 is 27.7 Å². The van der Waals surface area contributed by atoms with E-state index < -0.39 is 0 Å². The number of halogens is 1. The predicted octanol–water partition coefficient (Wildman–Crippen LogP) is 3.62. The third-order valence-corrected chi connectivity index (χ3v) is 5.11. The topological polar surface area (TPSA) is 24.5 Å². The Kier molecular flexibility index (Phi) is 10.4. The number of hydrogen-bond donors (Lipinski definition) is 1. The summed E-state index contributed by atoms with van der Waals surface area (Å²) >= 11 is 5.59. The van der Waals surface area contributed by atoms with Crippen LogP contribution >= 0.6 is 27.7 Å². The minimum atomic E-state index is 0.747. The summed E-state index contributed by atoms with van der Waals surface area (Å²) in [5.41, 5.74) is 1.29. The maximum atomic E-state index is 5.03. The standard InChI is InChI=1S/C16H27BrN2OS/c1-4-19(5-2)9-11-21-15-7-6-14(16(17)12-15)13-18-8-10-20-3/h6-7,12,18H,4-5,8-11,13H2,1-3H3. The van der Waals surface area contributed by atoms with Crippen LogP contribution in [0.2, 0.25) is 0 Å². The fraction of sp³-hybridized carbons (Fsp3) is 0.625. The van der Waals surface area contributed by atoms with E-state index in [1.165, 1.54) is 14.9 Å². The summed E-state index contributed by atoms with van der Waals surface area (Å²) in [5, 5.41) is 3.37. The third kappa shape index (κ3) is 7.66. The van der Waals surface area contributed by atoms with Crippen molar-refractivity contribution in [3.63, 3.8) is 0 Å². The fourth-order valence-corrected chi connectivity index (χ4v) is 3.61. The number of rotatable bonds is 11. The molecule has 0 aromatic heterocycles. The summed E-state index contributed by atoms with van der Waals surface area (Å²) in [6.45, 7) is 10.3. The second-order valence-electron chi connectivity index (χ2n) is 4.80. The number of thioether (sulfide) groups is 1. The molecule has 5 heteroatoms. The van der Waals surface area contributed by atoms with Gasteiger partial charge in [-0.15, -0.1) is 11.8 Å². The molecular weight excluding hydrogens is 348 g/mol. The molecule has 0 heterocycles. The first kappa shape index (κ1) is 19.0. The summed E-state index contributed by atoms with van der Waals surface area (Å²) in [4.78, 5) is 3.78. The number of methoxy groups -OCH3 is 1. The Bertz CT molecular complexity index is 400. The Morgan fingerprint density at radius 1 is 1.29 bits per heavy atom. The molecule has 0 bridgehead atoms. The molecule has 0 saturated heterocycles. The number of nitrogens with zero attached hydrogens (tertiary/aromatic N) is 1. The van der Waals surface area contributed by atoms with Gasteiger partial charge in [0.15, 0.2) is 0 Å². The van der Waals surface area contributed by atoms with Crippen LogP contribution in [0.1, 0.15) is 19.4 Å². The van der Waals surface area contributed by atoms with Gasteiger partial charge in [-0.2, -0.15) is 0 Å². The van der Waals surface area contributed by atoms with E-state index in [2.05, 4.69) is 58.2 Å². The summed E-state index contributed by atoms with van der Waals surface area (Å²) in [5.74, 6) is 1.14. The van der Waals surface area contributed by atoms with Gasteiger partial charge in [0.05, 0.1) is 6.61 Å². The molecule has 0 aliphatic heterocycles. The van der Waals surface area contributed by atoms with Gasteiger partial charge >= 0.3 is 0 Å². The summed E-state index contributed by atoms with van der Waals surface area (Å²) < 4.78 is 6.21. The molecule has 0 radical (unpaired) electrons. The maximum Gasteiger partial charge on any atom is 0.0587 e. The highest BCUT2D eigenvalue weighted by Gasteiger charge is 2.03. The van der Waals surface area contributed by atoms with E-state index in [1.807, 2.05) is 11.8 Å². The minimum Gasteiger partial charge on any atom is -0.383 e. The van der Waals surface area contributed by atoms with E-state index in [0.717, 1.165) is 45.1 Å². The highest BCUT2D eigenvalue weighted by atomic mass is 79.9. The smallest absolute Gasteiger partial charge is 0.0587 e. The number of nitrogens with one attached hydrogen (secondary N) is 1. The van der Waals surface area contributed by atoms with E-state index in [4.69, 9.17) is 4.74 Å². The van der Waals surface area contributed by atoms with Gasteiger partial charge in [-0.3, -0.25) is 0 Å². The third-order valence-electron chi connectivity index (χ3n) is 3.39. The SMILES string of the molecule is CCN(CC)CCSc1ccc(CNCCOC)c(Br)c1. The molecule has 0 fully saturated rings. The Morgan fingerprint density at radius 3 is 2.67 bits per heavy atom. The maximum absolute atomic E-state index is 5.03. The molecule has 0 aliphatic rings. The molecule has 21 heavy (non-hydrogen) atoms. The summed E-state index contributed by atoms with van der Waals surface area (Å²) in [6.07, 6.45) is 0. The molecular formula is C16H27BrN2OS. The Labute approximate surface area is 141 Å². The van der Waals surface area contributed by atoms with Crippen LogP contribution in [0.5, 0.6) is 0 Å². The Hall–Kier alpha value is -0.0700. The average Bonchev–Trinajstić information content (AvgIpc) is 2.50. The van der Waals surface area contributed by atoms with Crippen molar-refractivity contribution in [2.24, 2.45) is 0 Å². The monoisotopic (exact) mass is 374 g/mol. The summed E-state index contributed by atoms with van der Waals surface area (Å²) in [6, 6.07) is 6.63. The van der Waals surface area contributed by atoms with Crippen molar-refractivity contribution in [1.82, 2.24) is 10.2 Å². The highest BCUT2D eigenvalue weighted by molar-refractivity contribution is 9.10. The van der Waals surface area contributed by atoms with Gasteiger partial charge in [0.2, 0.25) is 0 Å². The molecule has 1 aromatic carbocycles. The molecule has 120 valence electrons. The molecule has 0 spiro atoms. The van der Waals surface area contributed by atoms with Crippen LogP contribution in [0.4, 0.5) is 0 Å². The van der Waals surface area contributed by atoms with Crippen LogP contribution in [-0.2, 0) is 11.3 Å². The summed E-state index contributed by atoms with van der Waals surface area (Å²) in [7, 11) is 1.72. The largest absolute Gasteiger partial charge is 0.383 e. The number of ether oxygens (including phenoxy) is 1. The first-order chi connectivity index (χ1) is 10.2. The Balaban J connectivity index is 2.39. The van der Waals surface area contributed by atoms with Gasteiger partial charge in [-0.05, 0) is 30.8 Å². The van der Waals surface area contributed by atoms with Crippen molar-refractivity contribution in [3.8, 4) is 0 Å². The lowest BCUT2D eigenvalue weighted by atomic mass is 10.2. The minimum absolute atomic E-state index is 0.747. The molecule has 0 aliphatic carbocycles. The fourth-order valence-electron chi connectivity index (χ4n) is 1.99. The van der Waals surface area contributed by atoms with Gasteiger partial charge in [0.25, 0.3) is 0 Å². The normalized spacial score (nSPS) is 11.3.